The lowest BCUT2D eigenvalue weighted by atomic mass is 9.88. The Hall–Kier alpha value is -9.12. The molecule has 12 rings (SSSR count). The van der Waals surface area contributed by atoms with Crippen LogP contribution in [0.25, 0.3) is 32.3 Å². The smallest absolute Gasteiger partial charge is 0.0561 e. The van der Waals surface area contributed by atoms with Crippen molar-refractivity contribution >= 4 is 101 Å². The summed E-state index contributed by atoms with van der Waals surface area (Å²) in [5, 5.41) is 7.08. The zero-order chi connectivity index (χ0) is 55.0. The second-order valence-electron chi connectivity index (χ2n) is 22.4. The Kier molecular flexibility index (Phi) is 14.2. The van der Waals surface area contributed by atoms with Gasteiger partial charge in [0.25, 0.3) is 0 Å². The van der Waals surface area contributed by atoms with Crippen LogP contribution in [0.5, 0.6) is 0 Å². The summed E-state index contributed by atoms with van der Waals surface area (Å²) in [7, 11) is 0. The minimum absolute atomic E-state index is 0.260. The molecule has 4 nitrogen and oxygen atoms in total. The minimum atomic E-state index is 0.260. The molecule has 80 heavy (non-hydrogen) atoms. The van der Waals surface area contributed by atoms with Crippen molar-refractivity contribution in [3.63, 3.8) is 0 Å². The van der Waals surface area contributed by atoms with Gasteiger partial charge in [-0.25, -0.2) is 0 Å². The summed E-state index contributed by atoms with van der Waals surface area (Å²) in [4.78, 5) is 10.1. The molecule has 0 bridgehead atoms. The Bertz CT molecular complexity index is 3570. The van der Waals surface area contributed by atoms with Crippen molar-refractivity contribution in [2.45, 2.75) is 79.1 Å². The SMILES string of the molecule is CC(C)c1ccccc1N(c1ccccc1)c1cc(N(c2ccccc2)c2ccccc2C(C)C)c2ccc3c(N(c4ccccc4)c4ccccc4C(C)C)cc(N(c4ccccc4)c4ccccc4C(C)C)c4ccc1c2c43. The first-order valence-corrected chi connectivity index (χ1v) is 28.6. The topological polar surface area (TPSA) is 13.0 Å². The zero-order valence-corrected chi connectivity index (χ0v) is 47.3. The fourth-order valence-corrected chi connectivity index (χ4v) is 12.3. The van der Waals surface area contributed by atoms with Gasteiger partial charge in [0, 0.05) is 77.8 Å². The van der Waals surface area contributed by atoms with Crippen molar-refractivity contribution in [3.8, 4) is 0 Å². The van der Waals surface area contributed by atoms with Crippen molar-refractivity contribution < 1.29 is 0 Å². The van der Waals surface area contributed by atoms with Gasteiger partial charge in [0.2, 0.25) is 0 Å². The number of benzene rings is 12. The molecule has 0 radical (unpaired) electrons. The van der Waals surface area contributed by atoms with Gasteiger partial charge in [-0.3, -0.25) is 0 Å². The second-order valence-corrected chi connectivity index (χ2v) is 22.4. The van der Waals surface area contributed by atoms with Gasteiger partial charge >= 0.3 is 0 Å². The lowest BCUT2D eigenvalue weighted by molar-refractivity contribution is 0.864. The molecule has 0 aromatic heterocycles. The van der Waals surface area contributed by atoms with Gasteiger partial charge in [-0.05, 0) is 131 Å². The van der Waals surface area contributed by atoms with Crippen molar-refractivity contribution in [2.24, 2.45) is 0 Å². The van der Waals surface area contributed by atoms with E-state index in [-0.39, 0.29) is 23.7 Å². The Morgan fingerprint density at radius 1 is 0.200 bits per heavy atom. The average molecular weight is 1040 g/mol. The fourth-order valence-electron chi connectivity index (χ4n) is 12.3. The highest BCUT2D eigenvalue weighted by Gasteiger charge is 2.31. The maximum Gasteiger partial charge on any atom is 0.0561 e. The molecule has 0 aliphatic rings. The van der Waals surface area contributed by atoms with Crippen LogP contribution in [0.15, 0.2) is 255 Å². The van der Waals surface area contributed by atoms with Crippen LogP contribution in [0.3, 0.4) is 0 Å². The number of hydrogen-bond donors (Lipinski definition) is 0. The molecule has 0 heterocycles. The number of hydrogen-bond acceptors (Lipinski definition) is 4. The fraction of sp³-hybridized carbons (Fsp3) is 0.158. The molecule has 12 aromatic rings. The zero-order valence-electron chi connectivity index (χ0n) is 47.3. The molecule has 394 valence electrons. The first-order chi connectivity index (χ1) is 39.1. The standard InChI is InChI=1S/C76H70N4/c1-51(2)59-37-21-25-41-67(59)77(55-29-13-9-14-30-55)71-49-72(78(56-31-15-10-16-32-56)68-42-26-22-38-60(68)52(3)4)64-47-48-66-74(80(58-35-19-12-20-36-58)70-44-28-24-40-62(70)54(7)8)50-73(65-46-45-63(71)75(64)76(65)66)79(57-33-17-11-18-34-57)69-43-27-23-39-61(69)53(5)6/h9-54H,1-8H3. The van der Waals surface area contributed by atoms with Crippen LogP contribution in [0.1, 0.15) is 101 Å². The van der Waals surface area contributed by atoms with Gasteiger partial charge in [-0.1, -0.05) is 225 Å². The third-order valence-electron chi connectivity index (χ3n) is 16.0. The van der Waals surface area contributed by atoms with Crippen LogP contribution in [-0.2, 0) is 0 Å². The van der Waals surface area contributed by atoms with Crippen LogP contribution in [0, 0.1) is 0 Å². The molecule has 0 aliphatic heterocycles. The van der Waals surface area contributed by atoms with Gasteiger partial charge in [-0.15, -0.1) is 0 Å². The van der Waals surface area contributed by atoms with E-state index in [1.807, 2.05) is 0 Å². The molecule has 0 saturated heterocycles. The molecule has 0 saturated carbocycles. The number of nitrogens with zero attached hydrogens (tertiary/aromatic N) is 4. The lowest BCUT2D eigenvalue weighted by Crippen LogP contribution is -2.18. The van der Waals surface area contributed by atoms with E-state index in [2.05, 4.69) is 330 Å². The van der Waals surface area contributed by atoms with E-state index in [0.29, 0.717) is 0 Å². The monoisotopic (exact) mass is 1040 g/mol. The first-order valence-electron chi connectivity index (χ1n) is 28.6. The van der Waals surface area contributed by atoms with Crippen LogP contribution < -0.4 is 19.6 Å². The van der Waals surface area contributed by atoms with E-state index in [0.717, 1.165) is 68.2 Å². The third-order valence-corrected chi connectivity index (χ3v) is 16.0. The van der Waals surface area contributed by atoms with E-state index in [9.17, 15) is 0 Å². The molecular weight excluding hydrogens is 969 g/mol. The molecule has 4 heteroatoms. The molecule has 12 aromatic carbocycles. The summed E-state index contributed by atoms with van der Waals surface area (Å²) in [6.45, 7) is 18.5. The van der Waals surface area contributed by atoms with E-state index >= 15 is 0 Å². The highest BCUT2D eigenvalue weighted by Crippen LogP contribution is 2.56. The minimum Gasteiger partial charge on any atom is -0.310 e. The number of para-hydroxylation sites is 8. The molecule has 0 unspecified atom stereocenters. The van der Waals surface area contributed by atoms with Crippen molar-refractivity contribution in [1.82, 2.24) is 0 Å². The average Bonchev–Trinajstić information content (AvgIpc) is 3.66. The maximum atomic E-state index is 2.54. The van der Waals surface area contributed by atoms with Crippen molar-refractivity contribution in [2.75, 3.05) is 19.6 Å². The van der Waals surface area contributed by atoms with Gasteiger partial charge in [0.1, 0.15) is 0 Å². The molecule has 0 amide bonds. The molecule has 0 aliphatic carbocycles. The molecule has 0 spiro atoms. The Morgan fingerprint density at radius 2 is 0.388 bits per heavy atom. The van der Waals surface area contributed by atoms with Gasteiger partial charge in [-0.2, -0.15) is 0 Å². The first kappa shape index (κ1) is 51.6. The number of rotatable bonds is 16. The summed E-state index contributed by atoms with van der Waals surface area (Å²) >= 11 is 0. The quantitative estimate of drug-likeness (QED) is 0.0894. The summed E-state index contributed by atoms with van der Waals surface area (Å²) in [6.07, 6.45) is 0. The summed E-state index contributed by atoms with van der Waals surface area (Å²) in [5.41, 5.74) is 18.5. The van der Waals surface area contributed by atoms with Crippen LogP contribution in [0.2, 0.25) is 0 Å². The number of anilines is 12. The molecular formula is C76H70N4. The maximum absolute atomic E-state index is 2.54. The van der Waals surface area contributed by atoms with Crippen LogP contribution >= 0.6 is 0 Å². The van der Waals surface area contributed by atoms with E-state index < -0.39 is 0 Å². The second kappa shape index (κ2) is 22.0. The van der Waals surface area contributed by atoms with Gasteiger partial charge < -0.3 is 19.6 Å². The highest BCUT2D eigenvalue weighted by atomic mass is 15.2. The predicted molar refractivity (Wildman–Crippen MR) is 345 cm³/mol. The third kappa shape index (κ3) is 9.29. The largest absolute Gasteiger partial charge is 0.310 e. The van der Waals surface area contributed by atoms with E-state index in [1.165, 1.54) is 54.6 Å². The Morgan fingerprint density at radius 3 is 0.588 bits per heavy atom. The van der Waals surface area contributed by atoms with E-state index in [4.69, 9.17) is 0 Å². The van der Waals surface area contributed by atoms with Gasteiger partial charge in [0.15, 0.2) is 0 Å². The van der Waals surface area contributed by atoms with Crippen LogP contribution in [-0.4, -0.2) is 0 Å². The normalized spacial score (nSPS) is 11.7. The van der Waals surface area contributed by atoms with Gasteiger partial charge in [0.05, 0.1) is 22.7 Å². The summed E-state index contributed by atoms with van der Waals surface area (Å²) < 4.78 is 0. The molecule has 0 N–H and O–H groups in total. The predicted octanol–water partition coefficient (Wildman–Crippen LogP) is 23.0. The molecule has 0 fully saturated rings. The molecule has 0 atom stereocenters. The van der Waals surface area contributed by atoms with Crippen molar-refractivity contribution in [1.29, 1.82) is 0 Å². The Balaban J connectivity index is 1.33. The highest BCUT2D eigenvalue weighted by molar-refractivity contribution is 6.33. The van der Waals surface area contributed by atoms with E-state index in [1.54, 1.807) is 0 Å². The summed E-state index contributed by atoms with van der Waals surface area (Å²) in [5.74, 6) is 1.04. The Labute approximate surface area is 473 Å². The lowest BCUT2D eigenvalue weighted by Gasteiger charge is -2.36. The summed E-state index contributed by atoms with van der Waals surface area (Å²) in [6, 6.07) is 94.7. The van der Waals surface area contributed by atoms with Crippen molar-refractivity contribution in [3.05, 3.63) is 277 Å². The van der Waals surface area contributed by atoms with Crippen LogP contribution in [0.4, 0.5) is 68.2 Å².